The number of carbonyl (C=O) groups excluding carboxylic acids is 1. The van der Waals surface area contributed by atoms with Crippen LogP contribution in [0, 0.1) is 0 Å². The Morgan fingerprint density at radius 3 is 2.41 bits per heavy atom. The molecule has 2 aromatic carbocycles. The van der Waals surface area contributed by atoms with E-state index in [4.69, 9.17) is 9.47 Å². The van der Waals surface area contributed by atoms with Crippen molar-refractivity contribution in [2.24, 2.45) is 0 Å². The van der Waals surface area contributed by atoms with Gasteiger partial charge in [0.15, 0.2) is 4.34 Å². The summed E-state index contributed by atoms with van der Waals surface area (Å²) in [6, 6.07) is 15.5. The molecule has 3 rings (SSSR count). The van der Waals surface area contributed by atoms with E-state index in [2.05, 4.69) is 15.5 Å². The molecule has 1 amide bonds. The minimum Gasteiger partial charge on any atom is -0.497 e. The van der Waals surface area contributed by atoms with Crippen LogP contribution in [0.3, 0.4) is 0 Å². The first kappa shape index (κ1) is 21.1. The molecule has 0 aliphatic heterocycles. The van der Waals surface area contributed by atoms with Crippen LogP contribution in [-0.4, -0.2) is 30.3 Å². The summed E-state index contributed by atoms with van der Waals surface area (Å²) in [5, 5.41) is 11.7. The minimum atomic E-state index is -0.208. The van der Waals surface area contributed by atoms with Crippen molar-refractivity contribution in [3.8, 4) is 11.5 Å². The third-order valence-corrected chi connectivity index (χ3v) is 6.38. The summed E-state index contributed by atoms with van der Waals surface area (Å²) in [4.78, 5) is 12.7. The zero-order chi connectivity index (χ0) is 20.6. The van der Waals surface area contributed by atoms with Gasteiger partial charge in [-0.25, -0.2) is 0 Å². The fourth-order valence-electron chi connectivity index (χ4n) is 2.86. The van der Waals surface area contributed by atoms with Gasteiger partial charge in [-0.1, -0.05) is 60.4 Å². The second-order valence-corrected chi connectivity index (χ2v) is 8.44. The Hall–Kier alpha value is -2.58. The highest BCUT2D eigenvalue weighted by atomic mass is 32.2. The fraction of sp³-hybridized carbons (Fsp3) is 0.286. The maximum absolute atomic E-state index is 12.7. The molecule has 29 heavy (non-hydrogen) atoms. The zero-order valence-corrected chi connectivity index (χ0v) is 18.2. The van der Waals surface area contributed by atoms with E-state index >= 15 is 0 Å². The Kier molecular flexibility index (Phi) is 7.48. The second-order valence-electron chi connectivity index (χ2n) is 6.24. The largest absolute Gasteiger partial charge is 0.497 e. The molecule has 0 aliphatic carbocycles. The number of benzene rings is 2. The van der Waals surface area contributed by atoms with Crippen LogP contribution in [0.15, 0.2) is 52.9 Å². The molecule has 0 fully saturated rings. The molecule has 0 bridgehead atoms. The lowest BCUT2D eigenvalue weighted by Crippen LogP contribution is -2.20. The number of carbonyl (C=O) groups is 1. The first-order chi connectivity index (χ1) is 14.1. The third-order valence-electron chi connectivity index (χ3n) is 4.34. The van der Waals surface area contributed by atoms with Crippen molar-refractivity contribution >= 4 is 34.1 Å². The number of anilines is 1. The molecule has 6 nitrogen and oxygen atoms in total. The summed E-state index contributed by atoms with van der Waals surface area (Å²) in [5.74, 6) is 1.91. The van der Waals surface area contributed by atoms with Crippen molar-refractivity contribution in [1.82, 2.24) is 10.2 Å². The smallest absolute Gasteiger partial charge is 0.233 e. The lowest BCUT2D eigenvalue weighted by Gasteiger charge is -2.13. The Morgan fingerprint density at radius 1 is 1.10 bits per heavy atom. The van der Waals surface area contributed by atoms with E-state index in [1.54, 1.807) is 26.0 Å². The van der Waals surface area contributed by atoms with Gasteiger partial charge in [-0.3, -0.25) is 10.1 Å². The first-order valence-corrected chi connectivity index (χ1v) is 11.0. The number of thioether (sulfide) groups is 1. The number of methoxy groups -OCH3 is 2. The summed E-state index contributed by atoms with van der Waals surface area (Å²) in [6.07, 6.45) is 0.716. The molecule has 3 aromatic rings. The predicted molar refractivity (Wildman–Crippen MR) is 117 cm³/mol. The maximum atomic E-state index is 12.7. The van der Waals surface area contributed by atoms with E-state index in [-0.39, 0.29) is 11.8 Å². The van der Waals surface area contributed by atoms with Crippen LogP contribution < -0.4 is 14.8 Å². The van der Waals surface area contributed by atoms with Crippen LogP contribution in [0.25, 0.3) is 0 Å². The second kappa shape index (κ2) is 10.3. The van der Waals surface area contributed by atoms with Gasteiger partial charge in [-0.2, -0.15) is 0 Å². The summed E-state index contributed by atoms with van der Waals surface area (Å²) in [6.45, 7) is 2.00. The molecule has 1 aromatic heterocycles. The zero-order valence-electron chi connectivity index (χ0n) is 16.5. The topological polar surface area (TPSA) is 73.3 Å². The highest BCUT2D eigenvalue weighted by Gasteiger charge is 2.20. The Balaban J connectivity index is 1.61. The van der Waals surface area contributed by atoms with Gasteiger partial charge in [-0.15, -0.1) is 10.2 Å². The molecule has 0 spiro atoms. The van der Waals surface area contributed by atoms with Crippen LogP contribution in [0.5, 0.6) is 11.5 Å². The monoisotopic (exact) mass is 429 g/mol. The SMILES string of the molecule is CC[C@H](C(=O)Nc1nnc(SCc2cc(OC)cc(OC)c2)s1)c1ccccc1. The molecular weight excluding hydrogens is 406 g/mol. The van der Waals surface area contributed by atoms with Crippen molar-refractivity contribution < 1.29 is 14.3 Å². The standard InChI is InChI=1S/C21H23N3O3S2/c1-4-18(15-8-6-5-7-9-15)19(25)22-20-23-24-21(29-20)28-13-14-10-16(26-2)12-17(11-14)27-3/h5-12,18H,4,13H2,1-3H3,(H,22,23,25)/t18-/m0/s1. The van der Waals surface area contributed by atoms with Crippen LogP contribution in [0.2, 0.25) is 0 Å². The van der Waals surface area contributed by atoms with Crippen molar-refractivity contribution in [3.63, 3.8) is 0 Å². The fourth-order valence-corrected chi connectivity index (χ4v) is 4.55. The number of amides is 1. The predicted octanol–water partition coefficient (Wildman–Crippen LogP) is 4.98. The first-order valence-electron chi connectivity index (χ1n) is 9.17. The van der Waals surface area contributed by atoms with Gasteiger partial charge >= 0.3 is 0 Å². The highest BCUT2D eigenvalue weighted by molar-refractivity contribution is 8.00. The van der Waals surface area contributed by atoms with Crippen molar-refractivity contribution in [1.29, 1.82) is 0 Å². The van der Waals surface area contributed by atoms with Crippen LogP contribution >= 0.6 is 23.1 Å². The van der Waals surface area contributed by atoms with Crippen LogP contribution in [-0.2, 0) is 10.5 Å². The van der Waals surface area contributed by atoms with Crippen molar-refractivity contribution in [2.45, 2.75) is 29.4 Å². The molecule has 152 valence electrons. The summed E-state index contributed by atoms with van der Waals surface area (Å²) < 4.78 is 11.4. The van der Waals surface area contributed by atoms with Gasteiger partial charge in [0.1, 0.15) is 11.5 Å². The Bertz CT molecular complexity index is 925. The molecule has 8 heteroatoms. The number of ether oxygens (including phenoxy) is 2. The van der Waals surface area contributed by atoms with Gasteiger partial charge in [0.05, 0.1) is 20.1 Å². The number of hydrogen-bond donors (Lipinski definition) is 1. The summed E-state index contributed by atoms with van der Waals surface area (Å²) >= 11 is 2.92. The van der Waals surface area contributed by atoms with Gasteiger partial charge in [0, 0.05) is 11.8 Å². The number of rotatable bonds is 9. The molecule has 0 unspecified atom stereocenters. The van der Waals surface area contributed by atoms with Crippen molar-refractivity contribution in [2.75, 3.05) is 19.5 Å². The lowest BCUT2D eigenvalue weighted by atomic mass is 9.96. The summed E-state index contributed by atoms with van der Waals surface area (Å²) in [7, 11) is 3.26. The molecule has 1 atom stereocenters. The van der Waals surface area contributed by atoms with Crippen LogP contribution in [0.4, 0.5) is 5.13 Å². The normalized spacial score (nSPS) is 11.7. The number of nitrogens with one attached hydrogen (secondary N) is 1. The average molecular weight is 430 g/mol. The molecule has 0 aliphatic rings. The Morgan fingerprint density at radius 2 is 1.79 bits per heavy atom. The number of nitrogens with zero attached hydrogens (tertiary/aromatic N) is 2. The van der Waals surface area contributed by atoms with E-state index in [1.165, 1.54) is 11.3 Å². The molecule has 0 saturated heterocycles. The minimum absolute atomic E-state index is 0.0658. The highest BCUT2D eigenvalue weighted by Crippen LogP contribution is 2.32. The third kappa shape index (κ3) is 5.71. The summed E-state index contributed by atoms with van der Waals surface area (Å²) in [5.41, 5.74) is 2.06. The average Bonchev–Trinajstić information content (AvgIpc) is 3.20. The molecular formula is C21H23N3O3S2. The van der Waals surface area contributed by atoms with Gasteiger partial charge in [0.25, 0.3) is 0 Å². The van der Waals surface area contributed by atoms with E-state index < -0.39 is 0 Å². The Labute approximate surface area is 178 Å². The maximum Gasteiger partial charge on any atom is 0.233 e. The molecule has 0 radical (unpaired) electrons. The van der Waals surface area contributed by atoms with Gasteiger partial charge in [-0.05, 0) is 29.7 Å². The molecule has 1 heterocycles. The lowest BCUT2D eigenvalue weighted by molar-refractivity contribution is -0.117. The molecule has 1 N–H and O–H groups in total. The van der Waals surface area contributed by atoms with Gasteiger partial charge in [0.2, 0.25) is 11.0 Å². The van der Waals surface area contributed by atoms with E-state index in [0.717, 1.165) is 27.0 Å². The van der Waals surface area contributed by atoms with E-state index in [0.29, 0.717) is 17.3 Å². The quantitative estimate of drug-likeness (QED) is 0.382. The molecule has 0 saturated carbocycles. The number of hydrogen-bond acceptors (Lipinski definition) is 7. The number of aromatic nitrogens is 2. The van der Waals surface area contributed by atoms with Crippen molar-refractivity contribution in [3.05, 3.63) is 59.7 Å². The van der Waals surface area contributed by atoms with E-state index in [9.17, 15) is 4.79 Å². The van der Waals surface area contributed by atoms with Crippen LogP contribution in [0.1, 0.15) is 30.4 Å². The van der Waals surface area contributed by atoms with Gasteiger partial charge < -0.3 is 9.47 Å². The van der Waals surface area contributed by atoms with E-state index in [1.807, 2.05) is 55.5 Å².